The molecule has 0 fully saturated rings. The molecule has 108 valence electrons. The Bertz CT molecular complexity index is 693. The lowest BCUT2D eigenvalue weighted by Crippen LogP contribution is -2.01. The predicted molar refractivity (Wildman–Crippen MR) is 87.8 cm³/mol. The largest absolute Gasteiger partial charge is 0.491 e. The van der Waals surface area contributed by atoms with E-state index in [1.54, 1.807) is 11.8 Å². The Morgan fingerprint density at radius 2 is 1.90 bits per heavy atom. The lowest BCUT2D eigenvalue weighted by molar-refractivity contribution is 0.320. The van der Waals surface area contributed by atoms with Gasteiger partial charge in [-0.1, -0.05) is 36.0 Å². The van der Waals surface area contributed by atoms with Crippen molar-refractivity contribution in [2.75, 3.05) is 18.1 Å². The van der Waals surface area contributed by atoms with Crippen LogP contribution in [0.15, 0.2) is 53.7 Å². The average molecular weight is 299 g/mol. The molecule has 0 unspecified atom stereocenters. The number of nitrogens with zero attached hydrogens (tertiary/aromatic N) is 1. The van der Waals surface area contributed by atoms with Crippen molar-refractivity contribution in [3.05, 3.63) is 48.5 Å². The van der Waals surface area contributed by atoms with Crippen molar-refractivity contribution in [3.63, 3.8) is 0 Å². The predicted octanol–water partition coefficient (Wildman–Crippen LogP) is 3.71. The Kier molecular flexibility index (Phi) is 4.31. The third-order valence-corrected chi connectivity index (χ3v) is 4.03. The molecule has 2 aromatic carbocycles. The molecule has 5 heteroatoms. The maximum Gasteiger partial charge on any atom is 0.166 e. The van der Waals surface area contributed by atoms with Crippen LogP contribution in [0, 0.1) is 0 Å². The molecule has 0 aliphatic heterocycles. The smallest absolute Gasteiger partial charge is 0.166 e. The fourth-order valence-electron chi connectivity index (χ4n) is 2.02. The van der Waals surface area contributed by atoms with Crippen LogP contribution in [0.2, 0.25) is 0 Å². The van der Waals surface area contributed by atoms with Crippen LogP contribution in [-0.4, -0.2) is 22.3 Å². The van der Waals surface area contributed by atoms with E-state index < -0.39 is 0 Å². The van der Waals surface area contributed by atoms with Crippen LogP contribution in [0.4, 0.5) is 5.69 Å². The highest BCUT2D eigenvalue weighted by Gasteiger charge is 2.03. The zero-order valence-electron chi connectivity index (χ0n) is 11.6. The molecular formula is C16H17N3OS. The summed E-state index contributed by atoms with van der Waals surface area (Å²) in [5.74, 6) is 1.71. The number of rotatable bonds is 6. The molecule has 0 aliphatic carbocycles. The number of para-hydroxylation sites is 4. The number of hydrogen-bond donors (Lipinski definition) is 2. The van der Waals surface area contributed by atoms with Crippen molar-refractivity contribution in [1.29, 1.82) is 0 Å². The molecule has 3 rings (SSSR count). The van der Waals surface area contributed by atoms with Crippen molar-refractivity contribution in [1.82, 2.24) is 9.97 Å². The first-order valence-corrected chi connectivity index (χ1v) is 7.86. The van der Waals surface area contributed by atoms with Crippen molar-refractivity contribution >= 4 is 28.5 Å². The maximum absolute atomic E-state index is 5.82. The first-order valence-electron chi connectivity index (χ1n) is 6.88. The summed E-state index contributed by atoms with van der Waals surface area (Å²) in [6.45, 7) is 0.654. The van der Waals surface area contributed by atoms with E-state index in [2.05, 4.69) is 9.97 Å². The van der Waals surface area contributed by atoms with E-state index in [9.17, 15) is 0 Å². The molecule has 0 amide bonds. The van der Waals surface area contributed by atoms with Crippen LogP contribution in [0.3, 0.4) is 0 Å². The summed E-state index contributed by atoms with van der Waals surface area (Å²) in [6, 6.07) is 15.6. The Labute approximate surface area is 127 Å². The summed E-state index contributed by atoms with van der Waals surface area (Å²) in [5, 5.41) is 0.954. The molecular weight excluding hydrogens is 282 g/mol. The molecule has 1 heterocycles. The molecule has 0 radical (unpaired) electrons. The highest BCUT2D eigenvalue weighted by atomic mass is 32.2. The quantitative estimate of drug-likeness (QED) is 0.414. The van der Waals surface area contributed by atoms with Crippen LogP contribution >= 0.6 is 11.8 Å². The van der Waals surface area contributed by atoms with Crippen molar-refractivity contribution in [2.24, 2.45) is 0 Å². The van der Waals surface area contributed by atoms with Gasteiger partial charge in [0.05, 0.1) is 23.3 Å². The summed E-state index contributed by atoms with van der Waals surface area (Å²) in [7, 11) is 0. The topological polar surface area (TPSA) is 63.9 Å². The summed E-state index contributed by atoms with van der Waals surface area (Å²) < 4.78 is 5.66. The summed E-state index contributed by atoms with van der Waals surface area (Å²) in [4.78, 5) is 7.83. The number of benzene rings is 2. The Balaban J connectivity index is 1.45. The van der Waals surface area contributed by atoms with E-state index in [4.69, 9.17) is 10.5 Å². The molecule has 21 heavy (non-hydrogen) atoms. The molecule has 0 atom stereocenters. The number of nitrogens with one attached hydrogen (secondary N) is 1. The summed E-state index contributed by atoms with van der Waals surface area (Å²) >= 11 is 1.71. The first kappa shape index (κ1) is 13.8. The molecule has 3 aromatic rings. The number of aromatic amines is 1. The number of ether oxygens (including phenoxy) is 1. The van der Waals surface area contributed by atoms with Gasteiger partial charge in [0, 0.05) is 5.75 Å². The van der Waals surface area contributed by atoms with Crippen LogP contribution in [0.1, 0.15) is 6.42 Å². The maximum atomic E-state index is 5.82. The van der Waals surface area contributed by atoms with Gasteiger partial charge in [-0.15, -0.1) is 0 Å². The van der Waals surface area contributed by atoms with Crippen molar-refractivity contribution in [3.8, 4) is 5.75 Å². The molecule has 0 aliphatic rings. The molecule has 1 aromatic heterocycles. The molecule has 0 bridgehead atoms. The van der Waals surface area contributed by atoms with Gasteiger partial charge >= 0.3 is 0 Å². The Hall–Kier alpha value is -2.14. The number of H-pyrrole nitrogens is 1. The summed E-state index contributed by atoms with van der Waals surface area (Å²) in [6.07, 6.45) is 0.941. The number of nitrogen functional groups attached to an aromatic ring is 1. The molecule has 3 N–H and O–H groups in total. The van der Waals surface area contributed by atoms with Gasteiger partial charge in [-0.25, -0.2) is 4.98 Å². The normalized spacial score (nSPS) is 10.9. The number of nitrogens with two attached hydrogens (primary N) is 1. The highest BCUT2D eigenvalue weighted by Crippen LogP contribution is 2.22. The number of imidazole rings is 1. The van der Waals surface area contributed by atoms with E-state index in [0.717, 1.165) is 34.1 Å². The van der Waals surface area contributed by atoms with Gasteiger partial charge in [0.25, 0.3) is 0 Å². The third-order valence-electron chi connectivity index (χ3n) is 3.07. The van der Waals surface area contributed by atoms with Crippen LogP contribution in [0.25, 0.3) is 11.0 Å². The molecule has 4 nitrogen and oxygen atoms in total. The lowest BCUT2D eigenvalue weighted by atomic mass is 10.3. The van der Waals surface area contributed by atoms with Crippen molar-refractivity contribution in [2.45, 2.75) is 11.6 Å². The minimum atomic E-state index is 0.654. The second-order valence-electron chi connectivity index (χ2n) is 4.65. The number of anilines is 1. The SMILES string of the molecule is Nc1ccccc1OCCCSc1nc2ccccc2[nH]1. The number of aromatic nitrogens is 2. The standard InChI is InChI=1S/C16H17N3OS/c17-12-6-1-4-9-15(12)20-10-5-11-21-16-18-13-7-2-3-8-14(13)19-16/h1-4,6-9H,5,10-11,17H2,(H,18,19). The number of fused-ring (bicyclic) bond motifs is 1. The zero-order valence-corrected chi connectivity index (χ0v) is 12.4. The van der Waals surface area contributed by atoms with Gasteiger partial charge < -0.3 is 15.5 Å². The average Bonchev–Trinajstić information content (AvgIpc) is 2.91. The summed E-state index contributed by atoms with van der Waals surface area (Å²) in [5.41, 5.74) is 8.59. The Morgan fingerprint density at radius 1 is 1.10 bits per heavy atom. The monoisotopic (exact) mass is 299 g/mol. The highest BCUT2D eigenvalue weighted by molar-refractivity contribution is 7.99. The zero-order chi connectivity index (χ0) is 14.5. The second-order valence-corrected chi connectivity index (χ2v) is 5.73. The van der Waals surface area contributed by atoms with Gasteiger partial charge in [-0.2, -0.15) is 0 Å². The molecule has 0 saturated heterocycles. The van der Waals surface area contributed by atoms with Gasteiger partial charge in [-0.3, -0.25) is 0 Å². The number of thioether (sulfide) groups is 1. The van der Waals surface area contributed by atoms with Gasteiger partial charge in [0.15, 0.2) is 5.16 Å². The van der Waals surface area contributed by atoms with E-state index in [1.807, 2.05) is 48.5 Å². The van der Waals surface area contributed by atoms with Gasteiger partial charge in [-0.05, 0) is 30.7 Å². The Morgan fingerprint density at radius 3 is 2.76 bits per heavy atom. The minimum Gasteiger partial charge on any atom is -0.491 e. The molecule has 0 spiro atoms. The van der Waals surface area contributed by atoms with Gasteiger partial charge in [0.2, 0.25) is 0 Å². The van der Waals surface area contributed by atoms with Crippen LogP contribution in [0.5, 0.6) is 5.75 Å². The first-order chi connectivity index (χ1) is 10.3. The van der Waals surface area contributed by atoms with E-state index in [0.29, 0.717) is 12.3 Å². The van der Waals surface area contributed by atoms with Gasteiger partial charge in [0.1, 0.15) is 5.75 Å². The fraction of sp³-hybridized carbons (Fsp3) is 0.188. The third kappa shape index (κ3) is 3.49. The van der Waals surface area contributed by atoms with Crippen LogP contribution in [-0.2, 0) is 0 Å². The minimum absolute atomic E-state index is 0.654. The fourth-order valence-corrected chi connectivity index (χ4v) is 2.82. The van der Waals surface area contributed by atoms with E-state index in [-0.39, 0.29) is 0 Å². The van der Waals surface area contributed by atoms with E-state index >= 15 is 0 Å². The van der Waals surface area contributed by atoms with E-state index in [1.165, 1.54) is 0 Å². The van der Waals surface area contributed by atoms with Crippen molar-refractivity contribution < 1.29 is 4.74 Å². The molecule has 0 saturated carbocycles. The number of hydrogen-bond acceptors (Lipinski definition) is 4. The van der Waals surface area contributed by atoms with Crippen LogP contribution < -0.4 is 10.5 Å². The lowest BCUT2D eigenvalue weighted by Gasteiger charge is -2.07. The second kappa shape index (κ2) is 6.54.